The summed E-state index contributed by atoms with van der Waals surface area (Å²) in [5.41, 5.74) is 0. The van der Waals surface area contributed by atoms with Crippen molar-refractivity contribution in [1.82, 2.24) is 9.97 Å². The third-order valence-electron chi connectivity index (χ3n) is 4.14. The fourth-order valence-electron chi connectivity index (χ4n) is 2.71. The fraction of sp³-hybridized carbons (Fsp3) is 0.444. The van der Waals surface area contributed by atoms with E-state index in [4.69, 9.17) is 39.5 Å². The first-order chi connectivity index (χ1) is 13.5. The SMILES string of the molecule is COc1nc(Cl)cnc1N(CCCC[Si](C)(C)C)S(=O)(=O)c1cccc(Cl)c1Cl. The number of halogens is 3. The molecular formula is C18H24Cl3N3O3SSi. The molecular weight excluding hydrogens is 473 g/mol. The third-order valence-corrected chi connectivity index (χ3v) is 8.94. The first-order valence-electron chi connectivity index (χ1n) is 9.00. The fourth-order valence-corrected chi connectivity index (χ4v) is 6.34. The zero-order valence-electron chi connectivity index (χ0n) is 16.7. The molecule has 1 aromatic heterocycles. The average Bonchev–Trinajstić information content (AvgIpc) is 2.63. The monoisotopic (exact) mass is 495 g/mol. The van der Waals surface area contributed by atoms with Gasteiger partial charge in [-0.25, -0.2) is 17.7 Å². The van der Waals surface area contributed by atoms with Crippen molar-refractivity contribution in [2.45, 2.75) is 43.4 Å². The molecule has 0 aliphatic carbocycles. The first-order valence-corrected chi connectivity index (χ1v) is 15.3. The van der Waals surface area contributed by atoms with Crippen LogP contribution in [0.1, 0.15) is 12.8 Å². The molecule has 160 valence electrons. The zero-order chi connectivity index (χ0) is 21.8. The van der Waals surface area contributed by atoms with Crippen LogP contribution < -0.4 is 9.04 Å². The van der Waals surface area contributed by atoms with Gasteiger partial charge in [-0.05, 0) is 18.6 Å². The highest BCUT2D eigenvalue weighted by atomic mass is 35.5. The second-order valence-electron chi connectivity index (χ2n) is 7.67. The molecule has 11 heteroatoms. The summed E-state index contributed by atoms with van der Waals surface area (Å²) in [5, 5.41) is 0.213. The van der Waals surface area contributed by atoms with Crippen molar-refractivity contribution in [2.75, 3.05) is 18.0 Å². The summed E-state index contributed by atoms with van der Waals surface area (Å²) in [4.78, 5) is 8.13. The maximum Gasteiger partial charge on any atom is 0.267 e. The molecule has 0 bridgehead atoms. The molecule has 0 fully saturated rings. The van der Waals surface area contributed by atoms with E-state index in [1.54, 1.807) is 0 Å². The number of nitrogens with zero attached hydrogens (tertiary/aromatic N) is 3. The molecule has 0 spiro atoms. The van der Waals surface area contributed by atoms with Crippen LogP contribution in [0.4, 0.5) is 5.82 Å². The number of sulfonamides is 1. The summed E-state index contributed by atoms with van der Waals surface area (Å²) in [6, 6.07) is 5.57. The first kappa shape index (κ1) is 24.2. The van der Waals surface area contributed by atoms with E-state index in [-0.39, 0.29) is 38.3 Å². The summed E-state index contributed by atoms with van der Waals surface area (Å²) < 4.78 is 33.4. The molecule has 6 nitrogen and oxygen atoms in total. The Morgan fingerprint density at radius 2 is 1.83 bits per heavy atom. The van der Waals surface area contributed by atoms with Gasteiger partial charge >= 0.3 is 0 Å². The molecule has 0 amide bonds. The highest BCUT2D eigenvalue weighted by molar-refractivity contribution is 7.93. The Labute approximate surface area is 188 Å². The molecule has 2 rings (SSSR count). The molecule has 0 atom stereocenters. The number of anilines is 1. The number of hydrogen-bond donors (Lipinski definition) is 0. The Morgan fingerprint density at radius 1 is 1.14 bits per heavy atom. The lowest BCUT2D eigenvalue weighted by Crippen LogP contribution is -2.34. The lowest BCUT2D eigenvalue weighted by atomic mass is 10.3. The topological polar surface area (TPSA) is 72.4 Å². The van der Waals surface area contributed by atoms with Crippen LogP contribution >= 0.6 is 34.8 Å². The average molecular weight is 497 g/mol. The molecule has 1 aromatic carbocycles. The Kier molecular flexibility index (Phi) is 8.21. The van der Waals surface area contributed by atoms with Gasteiger partial charge in [0.1, 0.15) is 4.90 Å². The predicted molar refractivity (Wildman–Crippen MR) is 122 cm³/mol. The minimum Gasteiger partial charge on any atom is -0.478 e. The van der Waals surface area contributed by atoms with Crippen LogP contribution in [-0.2, 0) is 10.0 Å². The van der Waals surface area contributed by atoms with Gasteiger partial charge in [-0.2, -0.15) is 4.98 Å². The van der Waals surface area contributed by atoms with Crippen LogP contribution in [0.15, 0.2) is 29.3 Å². The van der Waals surface area contributed by atoms with Crippen LogP contribution in [0.3, 0.4) is 0 Å². The number of unbranched alkanes of at least 4 members (excludes halogenated alkanes) is 1. The Morgan fingerprint density at radius 3 is 2.45 bits per heavy atom. The van der Waals surface area contributed by atoms with Gasteiger partial charge in [-0.1, -0.05) is 73.0 Å². The molecule has 0 saturated heterocycles. The van der Waals surface area contributed by atoms with Gasteiger partial charge < -0.3 is 4.74 Å². The van der Waals surface area contributed by atoms with Crippen molar-refractivity contribution in [2.24, 2.45) is 0 Å². The molecule has 0 aliphatic heterocycles. The summed E-state index contributed by atoms with van der Waals surface area (Å²) in [6.45, 7) is 7.03. The lowest BCUT2D eigenvalue weighted by Gasteiger charge is -2.25. The van der Waals surface area contributed by atoms with E-state index in [9.17, 15) is 8.42 Å². The molecule has 29 heavy (non-hydrogen) atoms. The highest BCUT2D eigenvalue weighted by Gasteiger charge is 2.31. The van der Waals surface area contributed by atoms with E-state index in [2.05, 4.69) is 29.6 Å². The van der Waals surface area contributed by atoms with E-state index in [1.165, 1.54) is 31.5 Å². The molecule has 0 aliphatic rings. The number of ether oxygens (including phenoxy) is 1. The highest BCUT2D eigenvalue weighted by Crippen LogP contribution is 2.35. The van der Waals surface area contributed by atoms with Gasteiger partial charge in [0.2, 0.25) is 5.82 Å². The summed E-state index contributed by atoms with van der Waals surface area (Å²) in [7, 11) is -3.92. The largest absolute Gasteiger partial charge is 0.478 e. The maximum atomic E-state index is 13.5. The van der Waals surface area contributed by atoms with E-state index < -0.39 is 18.1 Å². The Hall–Kier alpha value is -1.06. The van der Waals surface area contributed by atoms with Crippen LogP contribution in [0.2, 0.25) is 40.9 Å². The minimum atomic E-state index is -4.07. The smallest absolute Gasteiger partial charge is 0.267 e. The zero-order valence-corrected chi connectivity index (χ0v) is 20.8. The number of aromatic nitrogens is 2. The van der Waals surface area contributed by atoms with Crippen molar-refractivity contribution in [1.29, 1.82) is 0 Å². The van der Waals surface area contributed by atoms with Crippen molar-refractivity contribution >= 4 is 58.7 Å². The maximum absolute atomic E-state index is 13.5. The van der Waals surface area contributed by atoms with E-state index in [1.807, 2.05) is 0 Å². The quantitative estimate of drug-likeness (QED) is 0.326. The third kappa shape index (κ3) is 6.21. The van der Waals surface area contributed by atoms with Crippen molar-refractivity contribution < 1.29 is 13.2 Å². The van der Waals surface area contributed by atoms with Gasteiger partial charge in [0.05, 0.1) is 23.4 Å². The Bertz CT molecular complexity index is 969. The lowest BCUT2D eigenvalue weighted by molar-refractivity contribution is 0.396. The van der Waals surface area contributed by atoms with Crippen LogP contribution in [-0.4, -0.2) is 40.1 Å². The predicted octanol–water partition coefficient (Wildman–Crippen LogP) is 5.76. The summed E-state index contributed by atoms with van der Waals surface area (Å²) in [5.74, 6) is 0.0744. The van der Waals surface area contributed by atoms with E-state index in [0.717, 1.165) is 16.8 Å². The van der Waals surface area contributed by atoms with Gasteiger partial charge in [0, 0.05) is 14.6 Å². The van der Waals surface area contributed by atoms with Crippen molar-refractivity contribution in [3.63, 3.8) is 0 Å². The number of benzene rings is 1. The van der Waals surface area contributed by atoms with Gasteiger partial charge in [0.25, 0.3) is 15.9 Å². The number of methoxy groups -OCH3 is 1. The molecule has 0 unspecified atom stereocenters. The molecule has 0 saturated carbocycles. The second kappa shape index (κ2) is 9.83. The van der Waals surface area contributed by atoms with Gasteiger partial charge in [-0.15, -0.1) is 0 Å². The molecule has 0 N–H and O–H groups in total. The van der Waals surface area contributed by atoms with Crippen LogP contribution in [0.5, 0.6) is 5.88 Å². The molecule has 0 radical (unpaired) electrons. The van der Waals surface area contributed by atoms with Crippen molar-refractivity contribution in [3.8, 4) is 5.88 Å². The van der Waals surface area contributed by atoms with E-state index >= 15 is 0 Å². The van der Waals surface area contributed by atoms with Gasteiger partial charge in [-0.3, -0.25) is 0 Å². The second-order valence-corrected chi connectivity index (χ2v) is 16.3. The Balaban J connectivity index is 2.48. The minimum absolute atomic E-state index is 0.0180. The molecule has 2 aromatic rings. The van der Waals surface area contributed by atoms with Crippen LogP contribution in [0, 0.1) is 0 Å². The van der Waals surface area contributed by atoms with Crippen molar-refractivity contribution in [3.05, 3.63) is 39.6 Å². The van der Waals surface area contributed by atoms with Gasteiger partial charge in [0.15, 0.2) is 5.15 Å². The standard InChI is InChI=1S/C18H24Cl3N3O3SSi/c1-27-18-17(22-12-15(20)23-18)24(10-5-6-11-29(2,3)4)28(25,26)14-9-7-8-13(19)16(14)21/h7-9,12H,5-6,10-11H2,1-4H3. The summed E-state index contributed by atoms with van der Waals surface area (Å²) >= 11 is 18.2. The normalized spacial score (nSPS) is 12.1. The van der Waals surface area contributed by atoms with E-state index in [0.29, 0.717) is 6.42 Å². The number of hydrogen-bond acceptors (Lipinski definition) is 5. The number of rotatable bonds is 9. The summed E-state index contributed by atoms with van der Waals surface area (Å²) in [6.07, 6.45) is 2.83. The molecule has 1 heterocycles. The van der Waals surface area contributed by atoms with Crippen LogP contribution in [0.25, 0.3) is 0 Å².